The van der Waals surface area contributed by atoms with E-state index in [1.165, 1.54) is 6.08 Å². The number of aromatic nitrogens is 1. The SMILES string of the molecule is O=C=Nc1onc2ccccc12. The van der Waals surface area contributed by atoms with Gasteiger partial charge in [0, 0.05) is 0 Å². The fraction of sp³-hybridized carbons (Fsp3) is 0. The Balaban J connectivity index is 2.78. The Hall–Kier alpha value is -1.93. The Morgan fingerprint density at radius 1 is 1.42 bits per heavy atom. The highest BCUT2D eigenvalue weighted by Crippen LogP contribution is 2.24. The predicted octanol–water partition coefficient (Wildman–Crippen LogP) is 1.80. The van der Waals surface area contributed by atoms with E-state index in [1.807, 2.05) is 12.1 Å². The van der Waals surface area contributed by atoms with Crippen molar-refractivity contribution in [2.75, 3.05) is 0 Å². The molecule has 0 radical (unpaired) electrons. The van der Waals surface area contributed by atoms with E-state index in [2.05, 4.69) is 10.1 Å². The average molecular weight is 160 g/mol. The van der Waals surface area contributed by atoms with Crippen LogP contribution in [0.25, 0.3) is 10.9 Å². The number of aliphatic imine (C=N–C) groups is 1. The number of fused-ring (bicyclic) bond motifs is 1. The first-order valence-electron chi connectivity index (χ1n) is 3.34. The van der Waals surface area contributed by atoms with Crippen LogP contribution in [0.5, 0.6) is 0 Å². The number of hydrogen-bond acceptors (Lipinski definition) is 4. The molecule has 0 spiro atoms. The van der Waals surface area contributed by atoms with Crippen molar-refractivity contribution in [3.8, 4) is 0 Å². The van der Waals surface area contributed by atoms with Gasteiger partial charge in [-0.2, -0.15) is 0 Å². The lowest BCUT2D eigenvalue weighted by Crippen LogP contribution is -1.63. The summed E-state index contributed by atoms with van der Waals surface area (Å²) in [5, 5.41) is 4.41. The first kappa shape index (κ1) is 6.76. The van der Waals surface area contributed by atoms with Gasteiger partial charge in [0.2, 0.25) is 6.08 Å². The first-order valence-corrected chi connectivity index (χ1v) is 3.34. The third kappa shape index (κ3) is 0.909. The summed E-state index contributed by atoms with van der Waals surface area (Å²) in [4.78, 5) is 13.3. The molecule has 0 aliphatic rings. The predicted molar refractivity (Wildman–Crippen MR) is 41.8 cm³/mol. The van der Waals surface area contributed by atoms with Crippen LogP contribution >= 0.6 is 0 Å². The summed E-state index contributed by atoms with van der Waals surface area (Å²) in [5.74, 6) is 0.209. The standard InChI is InChI=1S/C8H4N2O2/c11-5-9-8-6-3-1-2-4-7(6)10-12-8/h1-4H. The molecule has 4 nitrogen and oxygen atoms in total. The summed E-state index contributed by atoms with van der Waals surface area (Å²) >= 11 is 0. The van der Waals surface area contributed by atoms with Crippen molar-refractivity contribution in [3.63, 3.8) is 0 Å². The van der Waals surface area contributed by atoms with Crippen molar-refractivity contribution in [2.24, 2.45) is 4.99 Å². The molecule has 1 aromatic carbocycles. The molecule has 1 aromatic heterocycles. The summed E-state index contributed by atoms with van der Waals surface area (Å²) < 4.78 is 4.78. The zero-order valence-corrected chi connectivity index (χ0v) is 6.02. The zero-order valence-electron chi connectivity index (χ0n) is 6.02. The van der Waals surface area contributed by atoms with Crippen LogP contribution in [0.3, 0.4) is 0 Å². The van der Waals surface area contributed by atoms with Crippen molar-refractivity contribution in [3.05, 3.63) is 24.3 Å². The van der Waals surface area contributed by atoms with Crippen molar-refractivity contribution in [1.82, 2.24) is 5.16 Å². The maximum Gasteiger partial charge on any atom is 0.269 e. The van der Waals surface area contributed by atoms with Crippen molar-refractivity contribution >= 4 is 22.9 Å². The Kier molecular flexibility index (Phi) is 1.47. The lowest BCUT2D eigenvalue weighted by molar-refractivity contribution is 0.438. The highest BCUT2D eigenvalue weighted by Gasteiger charge is 2.04. The molecule has 0 aliphatic heterocycles. The summed E-state index contributed by atoms with van der Waals surface area (Å²) in [6.07, 6.45) is 1.40. The van der Waals surface area contributed by atoms with E-state index in [-0.39, 0.29) is 5.88 Å². The number of isocyanates is 1. The highest BCUT2D eigenvalue weighted by molar-refractivity contribution is 5.87. The lowest BCUT2D eigenvalue weighted by Gasteiger charge is -1.81. The molecule has 0 fully saturated rings. The molecule has 0 N–H and O–H groups in total. The van der Waals surface area contributed by atoms with E-state index in [4.69, 9.17) is 4.52 Å². The maximum atomic E-state index is 9.94. The van der Waals surface area contributed by atoms with Crippen molar-refractivity contribution < 1.29 is 9.32 Å². The van der Waals surface area contributed by atoms with Crippen LogP contribution in [0.4, 0.5) is 5.88 Å². The molecule has 12 heavy (non-hydrogen) atoms. The third-order valence-electron chi connectivity index (χ3n) is 1.51. The molecular weight excluding hydrogens is 156 g/mol. The monoisotopic (exact) mass is 160 g/mol. The fourth-order valence-corrected chi connectivity index (χ4v) is 0.998. The van der Waals surface area contributed by atoms with Crippen LogP contribution in [0, 0.1) is 0 Å². The highest BCUT2D eigenvalue weighted by atomic mass is 16.5. The Labute approximate surface area is 67.5 Å². The van der Waals surface area contributed by atoms with Gasteiger partial charge in [0.15, 0.2) is 0 Å². The van der Waals surface area contributed by atoms with E-state index < -0.39 is 0 Å². The van der Waals surface area contributed by atoms with Gasteiger partial charge in [0.05, 0.1) is 5.39 Å². The van der Waals surface area contributed by atoms with Gasteiger partial charge >= 0.3 is 0 Å². The summed E-state index contributed by atoms with van der Waals surface area (Å²) in [5.41, 5.74) is 0.687. The van der Waals surface area contributed by atoms with Crippen molar-refractivity contribution in [1.29, 1.82) is 0 Å². The van der Waals surface area contributed by atoms with Gasteiger partial charge in [-0.1, -0.05) is 17.3 Å². The van der Waals surface area contributed by atoms with Gasteiger partial charge in [-0.3, -0.25) is 0 Å². The number of nitrogens with zero attached hydrogens (tertiary/aromatic N) is 2. The number of benzene rings is 1. The summed E-state index contributed by atoms with van der Waals surface area (Å²) in [6.45, 7) is 0. The van der Waals surface area contributed by atoms with Crippen LogP contribution in [-0.2, 0) is 4.79 Å². The molecule has 0 atom stereocenters. The molecule has 2 rings (SSSR count). The minimum atomic E-state index is 0.209. The number of carbonyl (C=O) groups excluding carboxylic acids is 1. The smallest absolute Gasteiger partial charge is 0.269 e. The topological polar surface area (TPSA) is 55.5 Å². The Bertz CT molecular complexity index is 455. The van der Waals surface area contributed by atoms with E-state index in [0.29, 0.717) is 5.52 Å². The molecule has 0 saturated carbocycles. The second-order valence-electron chi connectivity index (χ2n) is 2.21. The zero-order chi connectivity index (χ0) is 8.39. The number of hydrogen-bond donors (Lipinski definition) is 0. The average Bonchev–Trinajstić information content (AvgIpc) is 2.50. The minimum absolute atomic E-state index is 0.209. The molecule has 0 bridgehead atoms. The molecule has 1 heterocycles. The molecular formula is C8H4N2O2. The van der Waals surface area contributed by atoms with Crippen LogP contribution < -0.4 is 0 Å². The van der Waals surface area contributed by atoms with Crippen LogP contribution in [0.15, 0.2) is 33.8 Å². The van der Waals surface area contributed by atoms with E-state index in [9.17, 15) is 4.79 Å². The molecule has 0 unspecified atom stereocenters. The normalized spacial score (nSPS) is 9.67. The van der Waals surface area contributed by atoms with Crippen LogP contribution in [-0.4, -0.2) is 11.2 Å². The number of rotatable bonds is 1. The van der Waals surface area contributed by atoms with Gasteiger partial charge in [-0.25, -0.2) is 4.79 Å². The second kappa shape index (κ2) is 2.60. The molecule has 2 aromatic rings. The van der Waals surface area contributed by atoms with E-state index in [1.54, 1.807) is 12.1 Å². The third-order valence-corrected chi connectivity index (χ3v) is 1.51. The van der Waals surface area contributed by atoms with Gasteiger partial charge in [-0.15, -0.1) is 4.99 Å². The van der Waals surface area contributed by atoms with Crippen LogP contribution in [0.2, 0.25) is 0 Å². The van der Waals surface area contributed by atoms with Gasteiger partial charge in [0.1, 0.15) is 5.52 Å². The summed E-state index contributed by atoms with van der Waals surface area (Å²) in [7, 11) is 0. The van der Waals surface area contributed by atoms with Gasteiger partial charge in [0.25, 0.3) is 5.88 Å². The van der Waals surface area contributed by atoms with Crippen molar-refractivity contribution in [2.45, 2.75) is 0 Å². The molecule has 0 aliphatic carbocycles. The molecule has 0 amide bonds. The van der Waals surface area contributed by atoms with Gasteiger partial charge < -0.3 is 4.52 Å². The largest absolute Gasteiger partial charge is 0.334 e. The van der Waals surface area contributed by atoms with E-state index in [0.717, 1.165) is 5.39 Å². The van der Waals surface area contributed by atoms with Gasteiger partial charge in [-0.05, 0) is 12.1 Å². The minimum Gasteiger partial charge on any atom is -0.334 e. The molecule has 4 heteroatoms. The van der Waals surface area contributed by atoms with E-state index >= 15 is 0 Å². The second-order valence-corrected chi connectivity index (χ2v) is 2.21. The summed E-state index contributed by atoms with van der Waals surface area (Å²) in [6, 6.07) is 7.22. The Morgan fingerprint density at radius 3 is 3.08 bits per heavy atom. The lowest BCUT2D eigenvalue weighted by atomic mass is 10.2. The quantitative estimate of drug-likeness (QED) is 0.472. The maximum absolute atomic E-state index is 9.94. The Morgan fingerprint density at radius 2 is 2.25 bits per heavy atom. The fourth-order valence-electron chi connectivity index (χ4n) is 0.998. The van der Waals surface area contributed by atoms with Crippen LogP contribution in [0.1, 0.15) is 0 Å². The molecule has 0 saturated heterocycles. The first-order chi connectivity index (χ1) is 5.92. The molecule has 58 valence electrons.